The Hall–Kier alpha value is -1.31. The van der Waals surface area contributed by atoms with E-state index in [1.54, 1.807) is 20.8 Å². The lowest BCUT2D eigenvalue weighted by atomic mass is 10.2. The standard InChI is InChI=1S/C20H33ClN4O2S/c1-5-22-19(23-10-15-28(26,27)20(2,3)4)25-13-11-24(12-14-25)16-17-6-8-18(21)9-7-17/h6-9H,5,10-16H2,1-4H3,(H,22,23). The van der Waals surface area contributed by atoms with Gasteiger partial charge in [0, 0.05) is 44.3 Å². The third-order valence-corrected chi connectivity index (χ3v) is 7.72. The molecule has 0 unspecified atom stereocenters. The number of rotatable bonds is 6. The van der Waals surface area contributed by atoms with E-state index in [0.29, 0.717) is 0 Å². The third-order valence-electron chi connectivity index (χ3n) is 4.88. The van der Waals surface area contributed by atoms with E-state index in [4.69, 9.17) is 11.6 Å². The lowest BCUT2D eigenvalue weighted by Crippen LogP contribution is -2.52. The fourth-order valence-corrected chi connectivity index (χ4v) is 4.04. The molecule has 2 rings (SSSR count). The zero-order valence-corrected chi connectivity index (χ0v) is 19.0. The van der Waals surface area contributed by atoms with Crippen molar-refractivity contribution >= 4 is 27.4 Å². The van der Waals surface area contributed by atoms with Gasteiger partial charge in [-0.3, -0.25) is 9.89 Å². The largest absolute Gasteiger partial charge is 0.357 e. The lowest BCUT2D eigenvalue weighted by molar-refractivity contribution is 0.172. The molecule has 6 nitrogen and oxygen atoms in total. The molecule has 8 heteroatoms. The summed E-state index contributed by atoms with van der Waals surface area (Å²) in [4.78, 5) is 9.20. The fourth-order valence-electron chi connectivity index (χ4n) is 2.97. The number of hydrogen-bond acceptors (Lipinski definition) is 4. The second-order valence-electron chi connectivity index (χ2n) is 8.06. The highest BCUT2D eigenvalue weighted by Gasteiger charge is 2.28. The molecule has 28 heavy (non-hydrogen) atoms. The molecule has 0 bridgehead atoms. The molecule has 1 saturated heterocycles. The number of nitrogens with zero attached hydrogens (tertiary/aromatic N) is 3. The second-order valence-corrected chi connectivity index (χ2v) is 11.4. The van der Waals surface area contributed by atoms with E-state index >= 15 is 0 Å². The highest BCUT2D eigenvalue weighted by atomic mass is 35.5. The highest BCUT2D eigenvalue weighted by molar-refractivity contribution is 7.92. The maximum absolute atomic E-state index is 12.3. The summed E-state index contributed by atoms with van der Waals surface area (Å²) >= 11 is 5.95. The third kappa shape index (κ3) is 6.64. The maximum atomic E-state index is 12.3. The molecular formula is C20H33ClN4O2S. The molecule has 0 radical (unpaired) electrons. The SMILES string of the molecule is CCNC(=NCCS(=O)(=O)C(C)(C)C)N1CCN(Cc2ccc(Cl)cc2)CC1. The Kier molecular flexibility index (Phi) is 8.16. The summed E-state index contributed by atoms with van der Waals surface area (Å²) in [6.45, 7) is 12.8. The van der Waals surface area contributed by atoms with Gasteiger partial charge in [-0.15, -0.1) is 0 Å². The van der Waals surface area contributed by atoms with E-state index in [-0.39, 0.29) is 12.3 Å². The first kappa shape index (κ1) is 23.0. The lowest BCUT2D eigenvalue weighted by Gasteiger charge is -2.36. The van der Waals surface area contributed by atoms with E-state index < -0.39 is 14.6 Å². The minimum atomic E-state index is -3.16. The average molecular weight is 429 g/mol. The number of aliphatic imine (C=N–C) groups is 1. The Morgan fingerprint density at radius 3 is 2.29 bits per heavy atom. The van der Waals surface area contributed by atoms with Crippen molar-refractivity contribution in [2.45, 2.75) is 39.0 Å². The number of hydrogen-bond donors (Lipinski definition) is 1. The van der Waals surface area contributed by atoms with Crippen LogP contribution in [0.15, 0.2) is 29.3 Å². The minimum Gasteiger partial charge on any atom is -0.357 e. The number of nitrogens with one attached hydrogen (secondary N) is 1. The fraction of sp³-hybridized carbons (Fsp3) is 0.650. The Labute approximate surface area is 174 Å². The molecule has 0 amide bonds. The van der Waals surface area contributed by atoms with Gasteiger partial charge < -0.3 is 10.2 Å². The van der Waals surface area contributed by atoms with Crippen molar-refractivity contribution in [1.29, 1.82) is 0 Å². The van der Waals surface area contributed by atoms with Crippen molar-refractivity contribution in [3.8, 4) is 0 Å². The van der Waals surface area contributed by atoms with Gasteiger partial charge in [-0.05, 0) is 45.4 Å². The molecule has 158 valence electrons. The van der Waals surface area contributed by atoms with Crippen molar-refractivity contribution in [1.82, 2.24) is 15.1 Å². The summed E-state index contributed by atoms with van der Waals surface area (Å²) in [7, 11) is -3.16. The van der Waals surface area contributed by atoms with Crippen LogP contribution in [0.1, 0.15) is 33.3 Å². The molecule has 0 spiro atoms. The van der Waals surface area contributed by atoms with Crippen LogP contribution in [0.5, 0.6) is 0 Å². The highest BCUT2D eigenvalue weighted by Crippen LogP contribution is 2.16. The smallest absolute Gasteiger partial charge is 0.194 e. The maximum Gasteiger partial charge on any atom is 0.194 e. The molecule has 0 aliphatic carbocycles. The topological polar surface area (TPSA) is 65.0 Å². The number of sulfone groups is 1. The van der Waals surface area contributed by atoms with Gasteiger partial charge in [0.2, 0.25) is 0 Å². The van der Waals surface area contributed by atoms with Crippen molar-refractivity contribution in [2.75, 3.05) is 45.0 Å². The first-order valence-corrected chi connectivity index (χ1v) is 11.9. The number of halogens is 1. The van der Waals surface area contributed by atoms with Gasteiger partial charge in [-0.25, -0.2) is 8.42 Å². The van der Waals surface area contributed by atoms with E-state index in [9.17, 15) is 8.42 Å². The van der Waals surface area contributed by atoms with Crippen LogP contribution in [-0.2, 0) is 16.4 Å². The molecule has 1 aromatic rings. The normalized spacial score (nSPS) is 17.0. The van der Waals surface area contributed by atoms with E-state index in [0.717, 1.165) is 50.3 Å². The molecule has 1 N–H and O–H groups in total. The minimum absolute atomic E-state index is 0.0714. The predicted octanol–water partition coefficient (Wildman–Crippen LogP) is 2.64. The Balaban J connectivity index is 1.90. The summed E-state index contributed by atoms with van der Waals surface area (Å²) in [6.07, 6.45) is 0. The second kappa shape index (κ2) is 9.94. The molecule has 1 aromatic carbocycles. The summed E-state index contributed by atoms with van der Waals surface area (Å²) in [5.41, 5.74) is 1.26. The van der Waals surface area contributed by atoms with Crippen molar-refractivity contribution < 1.29 is 8.42 Å². The van der Waals surface area contributed by atoms with Gasteiger partial charge in [0.15, 0.2) is 15.8 Å². The van der Waals surface area contributed by atoms with Crippen LogP contribution < -0.4 is 5.32 Å². The van der Waals surface area contributed by atoms with E-state index in [1.807, 2.05) is 19.1 Å². The van der Waals surface area contributed by atoms with Crippen LogP contribution in [0.25, 0.3) is 0 Å². The Bertz CT molecular complexity index is 749. The molecule has 0 aromatic heterocycles. The Morgan fingerprint density at radius 1 is 1.14 bits per heavy atom. The molecule has 1 aliphatic rings. The molecule has 1 aliphatic heterocycles. The van der Waals surface area contributed by atoms with E-state index in [1.165, 1.54) is 5.56 Å². The molecule has 0 saturated carbocycles. The average Bonchev–Trinajstić information content (AvgIpc) is 2.63. The van der Waals surface area contributed by atoms with Crippen LogP contribution in [0.4, 0.5) is 0 Å². The van der Waals surface area contributed by atoms with Crippen LogP contribution in [-0.4, -0.2) is 73.9 Å². The van der Waals surface area contributed by atoms with Gasteiger partial charge in [-0.2, -0.15) is 0 Å². The van der Waals surface area contributed by atoms with Gasteiger partial charge in [0.05, 0.1) is 17.0 Å². The summed E-state index contributed by atoms with van der Waals surface area (Å²) in [6, 6.07) is 7.98. The van der Waals surface area contributed by atoms with Crippen molar-refractivity contribution in [2.24, 2.45) is 4.99 Å². The van der Waals surface area contributed by atoms with Gasteiger partial charge in [-0.1, -0.05) is 23.7 Å². The number of benzene rings is 1. The van der Waals surface area contributed by atoms with Crippen LogP contribution >= 0.6 is 11.6 Å². The van der Waals surface area contributed by atoms with Crippen molar-refractivity contribution in [3.05, 3.63) is 34.9 Å². The molecule has 1 fully saturated rings. The first-order chi connectivity index (χ1) is 13.1. The van der Waals surface area contributed by atoms with Crippen LogP contribution in [0.2, 0.25) is 5.02 Å². The van der Waals surface area contributed by atoms with Gasteiger partial charge >= 0.3 is 0 Å². The molecular weight excluding hydrogens is 396 g/mol. The van der Waals surface area contributed by atoms with Crippen molar-refractivity contribution in [3.63, 3.8) is 0 Å². The van der Waals surface area contributed by atoms with Crippen LogP contribution in [0, 0.1) is 0 Å². The monoisotopic (exact) mass is 428 g/mol. The summed E-state index contributed by atoms with van der Waals surface area (Å²) in [5, 5.41) is 4.05. The van der Waals surface area contributed by atoms with Gasteiger partial charge in [0.1, 0.15) is 0 Å². The summed E-state index contributed by atoms with van der Waals surface area (Å²) in [5.74, 6) is 0.875. The number of piperazine rings is 1. The zero-order valence-electron chi connectivity index (χ0n) is 17.4. The van der Waals surface area contributed by atoms with Gasteiger partial charge in [0.25, 0.3) is 0 Å². The molecule has 0 atom stereocenters. The number of guanidine groups is 1. The molecule has 1 heterocycles. The quantitative estimate of drug-likeness (QED) is 0.557. The Morgan fingerprint density at radius 2 is 1.75 bits per heavy atom. The van der Waals surface area contributed by atoms with E-state index in [2.05, 4.69) is 32.2 Å². The first-order valence-electron chi connectivity index (χ1n) is 9.85. The predicted molar refractivity (Wildman–Crippen MR) is 118 cm³/mol. The van der Waals surface area contributed by atoms with Crippen LogP contribution in [0.3, 0.4) is 0 Å². The zero-order chi connectivity index (χ0) is 20.8. The summed E-state index contributed by atoms with van der Waals surface area (Å²) < 4.78 is 23.8.